The van der Waals surface area contributed by atoms with Crippen molar-refractivity contribution in [2.45, 2.75) is 25.4 Å². The molecule has 1 atom stereocenters. The van der Waals surface area contributed by atoms with E-state index >= 15 is 0 Å². The second-order valence-electron chi connectivity index (χ2n) is 5.32. The first kappa shape index (κ1) is 17.2. The van der Waals surface area contributed by atoms with Crippen LogP contribution < -0.4 is 5.32 Å². The molecule has 8 nitrogen and oxygen atoms in total. The van der Waals surface area contributed by atoms with Gasteiger partial charge in [-0.05, 0) is 11.4 Å². The summed E-state index contributed by atoms with van der Waals surface area (Å²) in [4.78, 5) is 28.7. The minimum Gasteiger partial charge on any atom is -0.481 e. The normalized spacial score (nSPS) is 12.0. The van der Waals surface area contributed by atoms with Crippen molar-refractivity contribution < 1.29 is 14.7 Å². The van der Waals surface area contributed by atoms with Crippen molar-refractivity contribution in [3.05, 3.63) is 50.9 Å². The van der Waals surface area contributed by atoms with Gasteiger partial charge in [-0.1, -0.05) is 11.3 Å². The second-order valence-corrected chi connectivity index (χ2v) is 7.24. The highest BCUT2D eigenvalue weighted by molar-refractivity contribution is 7.11. The summed E-state index contributed by atoms with van der Waals surface area (Å²) in [6.45, 7) is 0.613. The molecule has 25 heavy (non-hydrogen) atoms. The molecule has 2 N–H and O–H groups in total. The molecule has 0 bridgehead atoms. The molecule has 0 aliphatic rings. The van der Waals surface area contributed by atoms with Gasteiger partial charge in [-0.15, -0.1) is 27.8 Å². The fourth-order valence-electron chi connectivity index (χ4n) is 2.29. The van der Waals surface area contributed by atoms with Crippen molar-refractivity contribution in [2.24, 2.45) is 0 Å². The van der Waals surface area contributed by atoms with Crippen LogP contribution >= 0.6 is 22.7 Å². The maximum atomic E-state index is 12.1. The molecular weight excluding hydrogens is 362 g/mol. The van der Waals surface area contributed by atoms with Crippen molar-refractivity contribution in [3.8, 4) is 0 Å². The quantitative estimate of drug-likeness (QED) is 0.618. The van der Waals surface area contributed by atoms with Crippen molar-refractivity contribution in [1.29, 1.82) is 0 Å². The number of hydrogen-bond acceptors (Lipinski definition) is 7. The molecule has 0 fully saturated rings. The fourth-order valence-corrected chi connectivity index (χ4v) is 3.51. The van der Waals surface area contributed by atoms with Crippen molar-refractivity contribution in [1.82, 2.24) is 25.3 Å². The number of nitrogens with zero attached hydrogens (tertiary/aromatic N) is 4. The van der Waals surface area contributed by atoms with Crippen LogP contribution in [0.25, 0.3) is 0 Å². The lowest BCUT2D eigenvalue weighted by molar-refractivity contribution is -0.137. The highest BCUT2D eigenvalue weighted by Gasteiger charge is 2.20. The fraction of sp³-hybridized carbons (Fsp3) is 0.267. The van der Waals surface area contributed by atoms with Gasteiger partial charge in [-0.2, -0.15) is 0 Å². The molecule has 0 saturated carbocycles. The van der Waals surface area contributed by atoms with Gasteiger partial charge in [-0.3, -0.25) is 14.6 Å². The number of hydrogen-bond donors (Lipinski definition) is 2. The van der Waals surface area contributed by atoms with Gasteiger partial charge in [0.15, 0.2) is 0 Å². The van der Waals surface area contributed by atoms with Crippen molar-refractivity contribution >= 4 is 34.6 Å². The lowest BCUT2D eigenvalue weighted by atomic mass is 10.1. The van der Waals surface area contributed by atoms with Crippen LogP contribution in [0.1, 0.15) is 26.7 Å². The molecule has 0 radical (unpaired) electrons. The molecule has 3 aromatic heterocycles. The highest BCUT2D eigenvalue weighted by Crippen LogP contribution is 2.11. The van der Waals surface area contributed by atoms with Crippen LogP contribution in [0.15, 0.2) is 35.4 Å². The molecular formula is C15H15N5O3S2. The van der Waals surface area contributed by atoms with Gasteiger partial charge in [0.05, 0.1) is 30.4 Å². The Balaban J connectivity index is 1.64. The Morgan fingerprint density at radius 1 is 1.36 bits per heavy atom. The van der Waals surface area contributed by atoms with Gasteiger partial charge in [0.1, 0.15) is 4.88 Å². The molecule has 0 aromatic carbocycles. The topological polar surface area (TPSA) is 110 Å². The molecule has 1 unspecified atom stereocenters. The smallest absolute Gasteiger partial charge is 0.305 e. The minimum atomic E-state index is -0.986. The molecule has 10 heteroatoms. The van der Waals surface area contributed by atoms with E-state index in [-0.39, 0.29) is 12.3 Å². The van der Waals surface area contributed by atoms with E-state index in [4.69, 9.17) is 5.11 Å². The predicted molar refractivity (Wildman–Crippen MR) is 92.8 cm³/mol. The lowest BCUT2D eigenvalue weighted by Crippen LogP contribution is -2.37. The van der Waals surface area contributed by atoms with Crippen LogP contribution in [0.3, 0.4) is 0 Å². The predicted octanol–water partition coefficient (Wildman–Crippen LogP) is 1.66. The van der Waals surface area contributed by atoms with E-state index < -0.39 is 12.0 Å². The Bertz CT molecular complexity index is 829. The zero-order valence-corrected chi connectivity index (χ0v) is 14.7. The number of carbonyl (C=O) groups is 2. The largest absolute Gasteiger partial charge is 0.481 e. The van der Waals surface area contributed by atoms with Crippen LogP contribution in [0.5, 0.6) is 0 Å². The van der Waals surface area contributed by atoms with Crippen LogP contribution in [0.4, 0.5) is 0 Å². The van der Waals surface area contributed by atoms with Crippen molar-refractivity contribution in [3.63, 3.8) is 0 Å². The van der Waals surface area contributed by atoms with Gasteiger partial charge in [-0.25, -0.2) is 4.68 Å². The van der Waals surface area contributed by atoms with Crippen LogP contribution in [-0.4, -0.2) is 43.0 Å². The van der Waals surface area contributed by atoms with E-state index in [9.17, 15) is 9.59 Å². The molecule has 3 rings (SSSR count). The summed E-state index contributed by atoms with van der Waals surface area (Å²) >= 11 is 2.83. The Hall–Kier alpha value is -2.59. The number of aromatic nitrogens is 4. The van der Waals surface area contributed by atoms with E-state index in [1.807, 2.05) is 17.5 Å². The molecule has 0 aliphatic heterocycles. The molecule has 1 amide bonds. The third kappa shape index (κ3) is 4.94. The number of amides is 1. The van der Waals surface area contributed by atoms with Crippen molar-refractivity contribution in [2.75, 3.05) is 0 Å². The average Bonchev–Trinajstić information content (AvgIpc) is 3.28. The number of aliphatic carboxylic acids is 1. The van der Waals surface area contributed by atoms with Crippen LogP contribution in [0, 0.1) is 0 Å². The highest BCUT2D eigenvalue weighted by atomic mass is 32.1. The Labute approximate surface area is 151 Å². The first-order valence-electron chi connectivity index (χ1n) is 7.42. The molecule has 0 aliphatic carbocycles. The Morgan fingerprint density at radius 2 is 2.24 bits per heavy atom. The third-order valence-corrected chi connectivity index (χ3v) is 4.98. The standard InChI is InChI=1S/C15H15N5O3S2/c21-14(22)5-10(17-15(23)13-6-16-9-25-13)4-11-7-20(19-18-11)8-12-2-1-3-24-12/h1-3,6-7,9-10H,4-5,8H2,(H,17,23)(H,21,22). The first-order chi connectivity index (χ1) is 12.1. The van der Waals surface area contributed by atoms with Gasteiger partial charge in [0.25, 0.3) is 5.91 Å². The lowest BCUT2D eigenvalue weighted by Gasteiger charge is -2.14. The number of carboxylic acid groups (broad SMARTS) is 1. The zero-order chi connectivity index (χ0) is 17.6. The van der Waals surface area contributed by atoms with Gasteiger partial charge in [0.2, 0.25) is 0 Å². The number of nitrogens with one attached hydrogen (secondary N) is 1. The molecule has 3 aromatic rings. The van der Waals surface area contributed by atoms with Gasteiger partial charge < -0.3 is 10.4 Å². The van der Waals surface area contributed by atoms with Gasteiger partial charge >= 0.3 is 5.97 Å². The summed E-state index contributed by atoms with van der Waals surface area (Å²) in [6, 6.07) is 3.41. The summed E-state index contributed by atoms with van der Waals surface area (Å²) in [5.74, 6) is -1.32. The van der Waals surface area contributed by atoms with E-state index in [0.717, 1.165) is 4.88 Å². The van der Waals surface area contributed by atoms with Crippen LogP contribution in [0.2, 0.25) is 0 Å². The Morgan fingerprint density at radius 3 is 2.92 bits per heavy atom. The van der Waals surface area contributed by atoms with E-state index in [0.29, 0.717) is 23.5 Å². The zero-order valence-electron chi connectivity index (χ0n) is 13.0. The van der Waals surface area contributed by atoms with Gasteiger partial charge in [0, 0.05) is 23.5 Å². The van der Waals surface area contributed by atoms with E-state index in [2.05, 4.69) is 20.6 Å². The SMILES string of the molecule is O=C(O)CC(Cc1cn(Cc2cccs2)nn1)NC(=O)c1cncs1. The summed E-state index contributed by atoms with van der Waals surface area (Å²) < 4.78 is 1.70. The molecule has 0 saturated heterocycles. The van der Waals surface area contributed by atoms with E-state index in [1.165, 1.54) is 17.5 Å². The monoisotopic (exact) mass is 377 g/mol. The number of thiophene rings is 1. The second kappa shape index (κ2) is 7.99. The summed E-state index contributed by atoms with van der Waals surface area (Å²) in [5, 5.41) is 21.9. The Kier molecular flexibility index (Phi) is 5.51. The first-order valence-corrected chi connectivity index (χ1v) is 9.18. The molecule has 130 valence electrons. The average molecular weight is 377 g/mol. The number of thiazole rings is 1. The maximum absolute atomic E-state index is 12.1. The van der Waals surface area contributed by atoms with Crippen LogP contribution in [-0.2, 0) is 17.8 Å². The summed E-state index contributed by atoms with van der Waals surface area (Å²) in [7, 11) is 0. The number of carbonyl (C=O) groups excluding carboxylic acids is 1. The third-order valence-electron chi connectivity index (χ3n) is 3.35. The molecule has 3 heterocycles. The maximum Gasteiger partial charge on any atom is 0.305 e. The summed E-state index contributed by atoms with van der Waals surface area (Å²) in [5.41, 5.74) is 2.18. The van der Waals surface area contributed by atoms with E-state index in [1.54, 1.807) is 27.7 Å². The minimum absolute atomic E-state index is 0.192. The summed E-state index contributed by atoms with van der Waals surface area (Å²) in [6.07, 6.45) is 3.33. The molecule has 0 spiro atoms. The number of carboxylic acids is 1. The number of rotatable bonds is 8.